The van der Waals surface area contributed by atoms with Gasteiger partial charge in [-0.3, -0.25) is 10.8 Å². The van der Waals surface area contributed by atoms with Crippen LogP contribution in [-0.2, 0) is 25.7 Å². The zero-order valence-corrected chi connectivity index (χ0v) is 25.8. The van der Waals surface area contributed by atoms with Crippen LogP contribution in [-0.4, -0.2) is 78.7 Å². The van der Waals surface area contributed by atoms with Gasteiger partial charge >= 0.3 is 24.1 Å². The Bertz CT molecular complexity index is 1560. The number of ether oxygens (including phenoxy) is 4. The van der Waals surface area contributed by atoms with E-state index in [2.05, 4.69) is 0 Å². The van der Waals surface area contributed by atoms with E-state index in [1.54, 1.807) is 42.5 Å². The van der Waals surface area contributed by atoms with Crippen molar-refractivity contribution in [3.8, 4) is 11.5 Å². The first-order valence-corrected chi connectivity index (χ1v) is 14.7. The van der Waals surface area contributed by atoms with E-state index < -0.39 is 24.1 Å². The maximum absolute atomic E-state index is 12.5. The number of nitrogens with two attached hydrogens (primary N) is 1. The molecule has 48 heavy (non-hydrogen) atoms. The molecule has 0 spiro atoms. The van der Waals surface area contributed by atoms with Gasteiger partial charge < -0.3 is 34.7 Å². The fraction of sp³-hybridized carbons (Fsp3) is 0.303. The Balaban J connectivity index is 0.000000804. The third-order valence-electron chi connectivity index (χ3n) is 6.68. The number of nitrogens with one attached hydrogen (secondary N) is 2. The van der Waals surface area contributed by atoms with Gasteiger partial charge in [0.2, 0.25) is 0 Å². The quantitative estimate of drug-likeness (QED) is 0.0853. The normalized spacial score (nSPS) is 12.3. The molecule has 0 bridgehead atoms. The van der Waals surface area contributed by atoms with Crippen molar-refractivity contribution in [1.29, 1.82) is 10.8 Å². The number of nitrogens with zero attached hydrogens (tertiary/aromatic N) is 1. The van der Waals surface area contributed by atoms with Gasteiger partial charge in [-0.25, -0.2) is 14.4 Å². The van der Waals surface area contributed by atoms with Crippen molar-refractivity contribution in [1.82, 2.24) is 4.90 Å². The lowest BCUT2D eigenvalue weighted by Crippen LogP contribution is -2.27. The number of esters is 2. The zero-order chi connectivity index (χ0) is 35.1. The number of aliphatic carboxylic acids is 1. The van der Waals surface area contributed by atoms with Crippen LogP contribution in [0.25, 0.3) is 0 Å². The predicted molar refractivity (Wildman–Crippen MR) is 167 cm³/mol. The number of carboxylic acid groups (broad SMARTS) is 1. The number of halogens is 3. The molecule has 12 nitrogen and oxygen atoms in total. The minimum absolute atomic E-state index is 0.124. The molecule has 0 unspecified atom stereocenters. The SMILES string of the molecule is N=C(N)c1ccc(OCC(=O)OCc2ccccc2)c(OCCCOC(=O)c2ccc(C(=N)N3CCCC3)cc2)c1.O=C(O)C(F)(F)F. The zero-order valence-electron chi connectivity index (χ0n) is 25.8. The summed E-state index contributed by atoms with van der Waals surface area (Å²) in [6.07, 6.45) is -2.50. The molecule has 256 valence electrons. The van der Waals surface area contributed by atoms with Crippen LogP contribution >= 0.6 is 0 Å². The maximum Gasteiger partial charge on any atom is 0.490 e. The molecule has 0 amide bonds. The van der Waals surface area contributed by atoms with E-state index in [-0.39, 0.29) is 32.3 Å². The summed E-state index contributed by atoms with van der Waals surface area (Å²) in [6, 6.07) is 20.9. The average Bonchev–Trinajstić information content (AvgIpc) is 3.62. The Kier molecular flexibility index (Phi) is 13.8. The van der Waals surface area contributed by atoms with E-state index in [1.807, 2.05) is 35.2 Å². The lowest BCUT2D eigenvalue weighted by Gasteiger charge is -2.18. The third kappa shape index (κ3) is 12.0. The number of nitrogen functional groups attached to an aromatic ring is 1. The van der Waals surface area contributed by atoms with Gasteiger partial charge in [0, 0.05) is 30.6 Å². The highest BCUT2D eigenvalue weighted by molar-refractivity contribution is 5.98. The highest BCUT2D eigenvalue weighted by Gasteiger charge is 2.38. The molecule has 0 saturated carbocycles. The van der Waals surface area contributed by atoms with Crippen LogP contribution in [0.3, 0.4) is 0 Å². The molecule has 0 radical (unpaired) electrons. The van der Waals surface area contributed by atoms with Crippen molar-refractivity contribution < 1.29 is 51.6 Å². The molecule has 3 aromatic carbocycles. The molecule has 4 rings (SSSR count). The highest BCUT2D eigenvalue weighted by atomic mass is 19.4. The second-order valence-corrected chi connectivity index (χ2v) is 10.3. The van der Waals surface area contributed by atoms with Crippen LogP contribution in [0.5, 0.6) is 11.5 Å². The van der Waals surface area contributed by atoms with Gasteiger partial charge in [-0.1, -0.05) is 42.5 Å². The molecule has 1 saturated heterocycles. The van der Waals surface area contributed by atoms with E-state index in [9.17, 15) is 22.8 Å². The number of rotatable bonds is 13. The first-order valence-electron chi connectivity index (χ1n) is 14.7. The number of benzene rings is 3. The lowest BCUT2D eigenvalue weighted by molar-refractivity contribution is -0.192. The van der Waals surface area contributed by atoms with Gasteiger partial charge in [-0.05, 0) is 48.7 Å². The van der Waals surface area contributed by atoms with Crippen LogP contribution < -0.4 is 15.2 Å². The number of carbonyl (C=O) groups is 3. The van der Waals surface area contributed by atoms with E-state index >= 15 is 0 Å². The third-order valence-corrected chi connectivity index (χ3v) is 6.68. The summed E-state index contributed by atoms with van der Waals surface area (Å²) in [5.41, 5.74) is 8.10. The van der Waals surface area contributed by atoms with E-state index in [1.165, 1.54) is 0 Å². The van der Waals surface area contributed by atoms with E-state index in [0.29, 0.717) is 34.9 Å². The van der Waals surface area contributed by atoms with Gasteiger partial charge in [-0.15, -0.1) is 0 Å². The molecule has 3 aromatic rings. The van der Waals surface area contributed by atoms with Crippen molar-refractivity contribution in [3.63, 3.8) is 0 Å². The molecular weight excluding hydrogens is 637 g/mol. The second kappa shape index (κ2) is 17.9. The molecule has 5 N–H and O–H groups in total. The van der Waals surface area contributed by atoms with Crippen LogP contribution in [0.2, 0.25) is 0 Å². The molecule has 0 aromatic heterocycles. The highest BCUT2D eigenvalue weighted by Crippen LogP contribution is 2.29. The molecule has 15 heteroatoms. The molecule has 1 aliphatic rings. The van der Waals surface area contributed by atoms with E-state index in [0.717, 1.165) is 37.1 Å². The first-order chi connectivity index (χ1) is 22.8. The molecule has 0 aliphatic carbocycles. The molecule has 0 atom stereocenters. The number of carboxylic acids is 1. The topological polar surface area (TPSA) is 185 Å². The fourth-order valence-electron chi connectivity index (χ4n) is 4.20. The fourth-order valence-corrected chi connectivity index (χ4v) is 4.20. The summed E-state index contributed by atoms with van der Waals surface area (Å²) in [5, 5.41) is 23.2. The minimum Gasteiger partial charge on any atom is -0.490 e. The Morgan fingerprint density at radius 3 is 2.02 bits per heavy atom. The van der Waals surface area contributed by atoms with Gasteiger partial charge in [-0.2, -0.15) is 13.2 Å². The molecule has 1 fully saturated rings. The predicted octanol–water partition coefficient (Wildman–Crippen LogP) is 4.77. The summed E-state index contributed by atoms with van der Waals surface area (Å²) in [5.74, 6) is -2.82. The van der Waals surface area contributed by atoms with Crippen molar-refractivity contribution in [2.24, 2.45) is 5.73 Å². The van der Waals surface area contributed by atoms with Gasteiger partial charge in [0.25, 0.3) is 0 Å². The number of amidine groups is 2. The Labute approximate surface area is 274 Å². The number of carbonyl (C=O) groups excluding carboxylic acids is 2. The summed E-state index contributed by atoms with van der Waals surface area (Å²) in [4.78, 5) is 35.5. The maximum atomic E-state index is 12.5. The van der Waals surface area contributed by atoms with Gasteiger partial charge in [0.15, 0.2) is 18.1 Å². The largest absolute Gasteiger partial charge is 0.490 e. The van der Waals surface area contributed by atoms with Gasteiger partial charge in [0.1, 0.15) is 18.3 Å². The number of hydrogen-bond donors (Lipinski definition) is 4. The molecular formula is C33H35F3N4O8. The Hall–Kier alpha value is -5.60. The van der Waals surface area contributed by atoms with Crippen molar-refractivity contribution in [3.05, 3.63) is 95.1 Å². The number of likely N-dealkylation sites (tertiary alicyclic amines) is 1. The van der Waals surface area contributed by atoms with Crippen molar-refractivity contribution in [2.45, 2.75) is 32.0 Å². The van der Waals surface area contributed by atoms with Crippen LogP contribution in [0.1, 0.15) is 46.3 Å². The first kappa shape index (κ1) is 36.9. The summed E-state index contributed by atoms with van der Waals surface area (Å²) >= 11 is 0. The summed E-state index contributed by atoms with van der Waals surface area (Å²) in [6.45, 7) is 1.91. The van der Waals surface area contributed by atoms with Crippen LogP contribution in [0.4, 0.5) is 13.2 Å². The van der Waals surface area contributed by atoms with Crippen LogP contribution in [0, 0.1) is 10.8 Å². The Morgan fingerprint density at radius 1 is 0.812 bits per heavy atom. The van der Waals surface area contributed by atoms with Crippen molar-refractivity contribution in [2.75, 3.05) is 32.9 Å². The minimum atomic E-state index is -5.08. The van der Waals surface area contributed by atoms with Gasteiger partial charge in [0.05, 0.1) is 18.8 Å². The monoisotopic (exact) mass is 672 g/mol. The number of hydrogen-bond acceptors (Lipinski definition) is 9. The smallest absolute Gasteiger partial charge is 0.490 e. The average molecular weight is 673 g/mol. The lowest BCUT2D eigenvalue weighted by atomic mass is 10.1. The van der Waals surface area contributed by atoms with Crippen molar-refractivity contribution >= 4 is 29.6 Å². The van der Waals surface area contributed by atoms with E-state index in [4.69, 9.17) is 45.4 Å². The molecule has 1 aliphatic heterocycles. The number of alkyl halides is 3. The standard InChI is InChI=1S/C31H34N4O6.C2HF3O2/c32-29(33)25-13-14-26(40-21-28(36)41-20-22-7-2-1-3-8-22)27(19-25)38-17-6-18-39-31(37)24-11-9-23(10-12-24)30(34)35-15-4-5-16-35;3-2(4,5)1(6)7/h1-3,7-14,19,34H,4-6,15-18,20-21H2,(H3,32,33);(H,6,7). The summed E-state index contributed by atoms with van der Waals surface area (Å²) < 4.78 is 53.8. The second-order valence-electron chi connectivity index (χ2n) is 10.3. The molecule has 1 heterocycles. The van der Waals surface area contributed by atoms with Crippen LogP contribution in [0.15, 0.2) is 72.8 Å². The Morgan fingerprint density at radius 2 is 1.42 bits per heavy atom. The summed E-state index contributed by atoms with van der Waals surface area (Å²) in [7, 11) is 0.